The molecule has 1 fully saturated rings. The number of rotatable bonds is 4. The number of nitrogens with zero attached hydrogens (tertiary/aromatic N) is 1. The summed E-state index contributed by atoms with van der Waals surface area (Å²) < 4.78 is 38.8. The van der Waals surface area contributed by atoms with Gasteiger partial charge in [0.05, 0.1) is 11.6 Å². The summed E-state index contributed by atoms with van der Waals surface area (Å²) in [7, 11) is 0. The summed E-state index contributed by atoms with van der Waals surface area (Å²) in [6.45, 7) is 0.536. The highest BCUT2D eigenvalue weighted by Gasteiger charge is 2.36. The predicted octanol–water partition coefficient (Wildman–Crippen LogP) is 5.39. The van der Waals surface area contributed by atoms with Gasteiger partial charge in [0.15, 0.2) is 0 Å². The molecule has 1 N–H and O–H groups in total. The van der Waals surface area contributed by atoms with Crippen LogP contribution in [-0.2, 0) is 11.0 Å². The molecule has 1 aliphatic rings. The smallest absolute Gasteiger partial charge is 0.416 e. The lowest BCUT2D eigenvalue weighted by Crippen LogP contribution is -2.46. The number of carboxylic acid groups (broad SMARTS) is 1. The molecule has 3 nitrogen and oxygen atoms in total. The van der Waals surface area contributed by atoms with Crippen LogP contribution in [0.5, 0.6) is 0 Å². The first kappa shape index (κ1) is 19.7. The molecule has 144 valence electrons. The van der Waals surface area contributed by atoms with Gasteiger partial charge in [0.1, 0.15) is 6.04 Å². The maximum absolute atomic E-state index is 12.9. The lowest BCUT2D eigenvalue weighted by molar-refractivity contribution is -0.145. The number of carbonyl (C=O) groups is 1. The number of likely N-dealkylation sites (tertiary alicyclic amines) is 1. The SMILES string of the molecule is O=C(O)C1CCCCN1C(c1ccc(C(F)(F)F)cc1)c1ccccc1Cl. The number of carboxylic acids is 1. The van der Waals surface area contributed by atoms with Crippen LogP contribution < -0.4 is 0 Å². The Kier molecular flexibility index (Phi) is 5.77. The van der Waals surface area contributed by atoms with Gasteiger partial charge in [0, 0.05) is 5.02 Å². The molecule has 1 aliphatic heterocycles. The normalized spacial score (nSPS) is 19.6. The quantitative estimate of drug-likeness (QED) is 0.752. The molecule has 0 bridgehead atoms. The van der Waals surface area contributed by atoms with Gasteiger partial charge < -0.3 is 5.11 Å². The molecule has 1 heterocycles. The standard InChI is InChI=1S/C20H19ClF3NO2/c21-16-6-2-1-5-15(16)18(25-12-4-3-7-17(25)19(26)27)13-8-10-14(11-9-13)20(22,23)24/h1-2,5-6,8-11,17-18H,3-4,7,12H2,(H,26,27). The first-order valence-electron chi connectivity index (χ1n) is 8.69. The summed E-state index contributed by atoms with van der Waals surface area (Å²) in [6.07, 6.45) is -2.30. The van der Waals surface area contributed by atoms with E-state index in [9.17, 15) is 23.1 Å². The number of benzene rings is 2. The van der Waals surface area contributed by atoms with Crippen molar-refractivity contribution in [2.45, 2.75) is 37.5 Å². The highest BCUT2D eigenvalue weighted by Crippen LogP contribution is 2.38. The fourth-order valence-corrected chi connectivity index (χ4v) is 3.87. The lowest BCUT2D eigenvalue weighted by Gasteiger charge is -2.40. The number of halogens is 4. The topological polar surface area (TPSA) is 40.5 Å². The molecule has 3 rings (SSSR count). The third-order valence-corrected chi connectivity index (χ3v) is 5.26. The summed E-state index contributed by atoms with van der Waals surface area (Å²) in [5.41, 5.74) is 0.536. The van der Waals surface area contributed by atoms with Gasteiger partial charge in [-0.1, -0.05) is 48.4 Å². The number of alkyl halides is 3. The van der Waals surface area contributed by atoms with E-state index in [2.05, 4.69) is 0 Å². The van der Waals surface area contributed by atoms with Gasteiger partial charge in [-0.25, -0.2) is 0 Å². The van der Waals surface area contributed by atoms with E-state index < -0.39 is 29.8 Å². The Morgan fingerprint density at radius 1 is 1.11 bits per heavy atom. The maximum Gasteiger partial charge on any atom is 0.416 e. The maximum atomic E-state index is 12.9. The van der Waals surface area contributed by atoms with Crippen molar-refractivity contribution in [3.05, 3.63) is 70.2 Å². The van der Waals surface area contributed by atoms with Crippen molar-refractivity contribution < 1.29 is 23.1 Å². The second-order valence-electron chi connectivity index (χ2n) is 6.63. The first-order valence-corrected chi connectivity index (χ1v) is 9.07. The van der Waals surface area contributed by atoms with Crippen molar-refractivity contribution in [3.8, 4) is 0 Å². The number of hydrogen-bond donors (Lipinski definition) is 1. The summed E-state index contributed by atoms with van der Waals surface area (Å²) >= 11 is 6.37. The molecule has 0 saturated carbocycles. The molecule has 2 aromatic carbocycles. The second kappa shape index (κ2) is 7.90. The Labute approximate surface area is 160 Å². The molecular formula is C20H19ClF3NO2. The van der Waals surface area contributed by atoms with E-state index in [-0.39, 0.29) is 0 Å². The minimum atomic E-state index is -4.42. The van der Waals surface area contributed by atoms with E-state index in [1.807, 2.05) is 4.90 Å². The number of aliphatic carboxylic acids is 1. The fourth-order valence-electron chi connectivity index (χ4n) is 3.63. The first-order chi connectivity index (χ1) is 12.8. The predicted molar refractivity (Wildman–Crippen MR) is 96.7 cm³/mol. The van der Waals surface area contributed by atoms with Gasteiger partial charge in [0.2, 0.25) is 0 Å². The van der Waals surface area contributed by atoms with Gasteiger partial charge in [0.25, 0.3) is 0 Å². The minimum Gasteiger partial charge on any atom is -0.480 e. The van der Waals surface area contributed by atoms with Crippen LogP contribution in [0.2, 0.25) is 5.02 Å². The Balaban J connectivity index is 2.08. The second-order valence-corrected chi connectivity index (χ2v) is 7.04. The van der Waals surface area contributed by atoms with E-state index in [0.29, 0.717) is 29.1 Å². The van der Waals surface area contributed by atoms with E-state index in [1.54, 1.807) is 24.3 Å². The zero-order chi connectivity index (χ0) is 19.6. The minimum absolute atomic E-state index is 0.456. The number of hydrogen-bond acceptors (Lipinski definition) is 2. The molecule has 7 heteroatoms. The summed E-state index contributed by atoms with van der Waals surface area (Å²) in [4.78, 5) is 13.6. The van der Waals surface area contributed by atoms with Crippen molar-refractivity contribution in [2.75, 3.05) is 6.54 Å². The van der Waals surface area contributed by atoms with Crippen molar-refractivity contribution in [1.29, 1.82) is 0 Å². The Bertz CT molecular complexity index is 808. The van der Waals surface area contributed by atoms with E-state index in [4.69, 9.17) is 11.6 Å². The van der Waals surface area contributed by atoms with Crippen LogP contribution in [0, 0.1) is 0 Å². The Hall–Kier alpha value is -2.05. The van der Waals surface area contributed by atoms with Crippen molar-refractivity contribution in [1.82, 2.24) is 4.90 Å². The van der Waals surface area contributed by atoms with Crippen molar-refractivity contribution >= 4 is 17.6 Å². The molecule has 0 radical (unpaired) electrons. The largest absolute Gasteiger partial charge is 0.480 e. The third kappa shape index (κ3) is 4.28. The van der Waals surface area contributed by atoms with Crippen LogP contribution in [0.4, 0.5) is 13.2 Å². The highest BCUT2D eigenvalue weighted by atomic mass is 35.5. The molecule has 0 amide bonds. The van der Waals surface area contributed by atoms with Gasteiger partial charge >= 0.3 is 12.1 Å². The molecule has 1 saturated heterocycles. The average Bonchev–Trinajstić information content (AvgIpc) is 2.63. The van der Waals surface area contributed by atoms with Crippen LogP contribution in [-0.4, -0.2) is 28.6 Å². The monoisotopic (exact) mass is 397 g/mol. The van der Waals surface area contributed by atoms with Gasteiger partial charge in [-0.05, 0) is 48.7 Å². The Morgan fingerprint density at radius 3 is 2.37 bits per heavy atom. The van der Waals surface area contributed by atoms with Gasteiger partial charge in [-0.2, -0.15) is 13.2 Å². The van der Waals surface area contributed by atoms with Crippen LogP contribution in [0.1, 0.15) is 42.0 Å². The van der Waals surface area contributed by atoms with Crippen molar-refractivity contribution in [2.24, 2.45) is 0 Å². The van der Waals surface area contributed by atoms with Gasteiger partial charge in [-0.15, -0.1) is 0 Å². The van der Waals surface area contributed by atoms with E-state index in [0.717, 1.165) is 25.0 Å². The third-order valence-electron chi connectivity index (χ3n) is 4.91. The molecule has 27 heavy (non-hydrogen) atoms. The molecule has 2 unspecified atom stereocenters. The van der Waals surface area contributed by atoms with E-state index in [1.165, 1.54) is 12.1 Å². The molecule has 2 atom stereocenters. The van der Waals surface area contributed by atoms with Crippen LogP contribution in [0.25, 0.3) is 0 Å². The highest BCUT2D eigenvalue weighted by molar-refractivity contribution is 6.31. The van der Waals surface area contributed by atoms with Crippen LogP contribution in [0.3, 0.4) is 0 Å². The lowest BCUT2D eigenvalue weighted by atomic mass is 9.91. The summed E-state index contributed by atoms with van der Waals surface area (Å²) in [5.74, 6) is -0.932. The zero-order valence-corrected chi connectivity index (χ0v) is 15.2. The molecular weight excluding hydrogens is 379 g/mol. The van der Waals surface area contributed by atoms with Crippen LogP contribution in [0.15, 0.2) is 48.5 Å². The average molecular weight is 398 g/mol. The zero-order valence-electron chi connectivity index (χ0n) is 14.4. The fraction of sp³-hybridized carbons (Fsp3) is 0.350. The molecule has 0 spiro atoms. The molecule has 2 aromatic rings. The van der Waals surface area contributed by atoms with Gasteiger partial charge in [-0.3, -0.25) is 9.69 Å². The number of piperidine rings is 1. The Morgan fingerprint density at radius 2 is 1.78 bits per heavy atom. The summed E-state index contributed by atoms with van der Waals surface area (Å²) in [5, 5.41) is 10.1. The molecule has 0 aliphatic carbocycles. The van der Waals surface area contributed by atoms with Crippen LogP contribution >= 0.6 is 11.6 Å². The van der Waals surface area contributed by atoms with E-state index >= 15 is 0 Å². The summed E-state index contributed by atoms with van der Waals surface area (Å²) in [6, 6.07) is 10.7. The molecule has 0 aromatic heterocycles. The van der Waals surface area contributed by atoms with Crippen molar-refractivity contribution in [3.63, 3.8) is 0 Å².